The Hall–Kier alpha value is -0.820. The first-order valence-corrected chi connectivity index (χ1v) is 8.50. The summed E-state index contributed by atoms with van der Waals surface area (Å²) in [6.07, 6.45) is 11.4. The highest BCUT2D eigenvalue weighted by atomic mass is 14.7. The molecular weight excluding hydrogens is 242 g/mol. The Morgan fingerprint density at radius 1 is 0.950 bits per heavy atom. The maximum absolute atomic E-state index is 6.53. The minimum absolute atomic E-state index is 0.355. The second kappa shape index (κ2) is 4.87. The van der Waals surface area contributed by atoms with Gasteiger partial charge < -0.3 is 5.73 Å². The smallest absolute Gasteiger partial charge is 0.00846 e. The van der Waals surface area contributed by atoms with Gasteiger partial charge in [0.15, 0.2) is 0 Å². The van der Waals surface area contributed by atoms with Crippen LogP contribution < -0.4 is 5.73 Å². The van der Waals surface area contributed by atoms with Gasteiger partial charge in [0, 0.05) is 6.04 Å². The Labute approximate surface area is 122 Å². The topological polar surface area (TPSA) is 26.0 Å². The molecule has 1 atom stereocenters. The maximum atomic E-state index is 6.53. The van der Waals surface area contributed by atoms with E-state index in [1.807, 2.05) is 0 Å². The zero-order valence-electron chi connectivity index (χ0n) is 12.4. The largest absolute Gasteiger partial charge is 0.327 e. The molecule has 5 rings (SSSR count). The Bertz CT molecular complexity index is 429. The summed E-state index contributed by atoms with van der Waals surface area (Å²) in [4.78, 5) is 0. The minimum Gasteiger partial charge on any atom is -0.327 e. The lowest BCUT2D eigenvalue weighted by Crippen LogP contribution is -2.48. The predicted octanol–water partition coefficient (Wildman–Crippen LogP) is 4.16. The van der Waals surface area contributed by atoms with Crippen LogP contribution in [0.3, 0.4) is 0 Å². The van der Waals surface area contributed by atoms with Crippen molar-refractivity contribution in [1.82, 2.24) is 0 Å². The molecule has 108 valence electrons. The lowest BCUT2D eigenvalue weighted by molar-refractivity contribution is -0.0602. The van der Waals surface area contributed by atoms with Gasteiger partial charge in [-0.3, -0.25) is 0 Å². The van der Waals surface area contributed by atoms with Crippen LogP contribution in [0.4, 0.5) is 0 Å². The molecule has 2 N–H and O–H groups in total. The van der Waals surface area contributed by atoms with E-state index in [4.69, 9.17) is 5.73 Å². The van der Waals surface area contributed by atoms with Crippen molar-refractivity contribution in [2.75, 3.05) is 0 Å². The van der Waals surface area contributed by atoms with Gasteiger partial charge >= 0.3 is 0 Å². The average Bonchev–Trinajstić information content (AvgIpc) is 2.37. The van der Waals surface area contributed by atoms with Crippen LogP contribution in [0.25, 0.3) is 0 Å². The molecular formula is C19H27N. The number of rotatable bonds is 4. The summed E-state index contributed by atoms with van der Waals surface area (Å²) >= 11 is 0. The molecule has 1 aromatic rings. The zero-order valence-corrected chi connectivity index (χ0v) is 12.4. The van der Waals surface area contributed by atoms with E-state index in [0.717, 1.165) is 24.2 Å². The lowest BCUT2D eigenvalue weighted by atomic mass is 9.48. The fourth-order valence-corrected chi connectivity index (χ4v) is 6.09. The van der Waals surface area contributed by atoms with Crippen LogP contribution >= 0.6 is 0 Å². The molecule has 1 nitrogen and oxygen atoms in total. The van der Waals surface area contributed by atoms with Crippen LogP contribution in [0.1, 0.15) is 50.5 Å². The van der Waals surface area contributed by atoms with E-state index in [-0.39, 0.29) is 0 Å². The van der Waals surface area contributed by atoms with Gasteiger partial charge in [0.25, 0.3) is 0 Å². The molecule has 0 amide bonds. The second-order valence-electron chi connectivity index (χ2n) is 8.07. The summed E-state index contributed by atoms with van der Waals surface area (Å²) in [5.41, 5.74) is 8.56. The fourth-order valence-electron chi connectivity index (χ4n) is 6.09. The maximum Gasteiger partial charge on any atom is 0.00846 e. The third-order valence-corrected chi connectivity index (χ3v) is 6.20. The van der Waals surface area contributed by atoms with Crippen molar-refractivity contribution in [3.63, 3.8) is 0 Å². The van der Waals surface area contributed by atoms with Crippen LogP contribution in [0.2, 0.25) is 0 Å². The minimum atomic E-state index is 0.355. The summed E-state index contributed by atoms with van der Waals surface area (Å²) in [6, 6.07) is 11.2. The van der Waals surface area contributed by atoms with Crippen LogP contribution in [-0.4, -0.2) is 6.04 Å². The quantitative estimate of drug-likeness (QED) is 0.872. The van der Waals surface area contributed by atoms with E-state index in [9.17, 15) is 0 Å². The summed E-state index contributed by atoms with van der Waals surface area (Å²) < 4.78 is 0. The number of benzene rings is 1. The third-order valence-electron chi connectivity index (χ3n) is 6.20. The van der Waals surface area contributed by atoms with E-state index in [1.165, 1.54) is 50.5 Å². The first-order chi connectivity index (χ1) is 9.71. The van der Waals surface area contributed by atoms with Crippen molar-refractivity contribution in [1.29, 1.82) is 0 Å². The van der Waals surface area contributed by atoms with E-state index >= 15 is 0 Å². The molecule has 4 saturated carbocycles. The molecule has 1 aromatic carbocycles. The first kappa shape index (κ1) is 12.9. The fraction of sp³-hybridized carbons (Fsp3) is 0.684. The first-order valence-electron chi connectivity index (χ1n) is 8.50. The predicted molar refractivity (Wildman–Crippen MR) is 83.3 cm³/mol. The monoisotopic (exact) mass is 269 g/mol. The van der Waals surface area contributed by atoms with Gasteiger partial charge in [-0.25, -0.2) is 0 Å². The Morgan fingerprint density at radius 2 is 1.50 bits per heavy atom. The standard InChI is InChI=1S/C19H27N/c20-18(9-14-4-2-1-3-5-14)13-19-10-15-6-16(11-19)8-17(7-15)12-19/h1-5,15-18H,6-13,20H2. The van der Waals surface area contributed by atoms with Crippen LogP contribution in [-0.2, 0) is 6.42 Å². The Kier molecular flexibility index (Phi) is 3.14. The number of hydrogen-bond acceptors (Lipinski definition) is 1. The molecule has 0 heterocycles. The van der Waals surface area contributed by atoms with Gasteiger partial charge in [-0.2, -0.15) is 0 Å². The molecule has 0 spiro atoms. The van der Waals surface area contributed by atoms with Crippen molar-refractivity contribution < 1.29 is 0 Å². The second-order valence-corrected chi connectivity index (χ2v) is 8.07. The summed E-state index contributed by atoms with van der Waals surface area (Å²) in [5.74, 6) is 3.14. The van der Waals surface area contributed by atoms with Gasteiger partial charge in [0.1, 0.15) is 0 Å². The summed E-state index contributed by atoms with van der Waals surface area (Å²) in [7, 11) is 0. The lowest BCUT2D eigenvalue weighted by Gasteiger charge is -2.57. The molecule has 20 heavy (non-hydrogen) atoms. The molecule has 0 saturated heterocycles. The van der Waals surface area contributed by atoms with Gasteiger partial charge in [0.2, 0.25) is 0 Å². The molecule has 4 fully saturated rings. The van der Waals surface area contributed by atoms with Crippen LogP contribution in [0, 0.1) is 23.2 Å². The highest BCUT2D eigenvalue weighted by Crippen LogP contribution is 2.61. The van der Waals surface area contributed by atoms with Crippen molar-refractivity contribution in [2.45, 2.75) is 57.4 Å². The van der Waals surface area contributed by atoms with Gasteiger partial charge in [-0.15, -0.1) is 0 Å². The zero-order chi connectivity index (χ0) is 13.6. The molecule has 0 aliphatic heterocycles. The van der Waals surface area contributed by atoms with Gasteiger partial charge in [0.05, 0.1) is 0 Å². The van der Waals surface area contributed by atoms with Crippen molar-refractivity contribution >= 4 is 0 Å². The number of hydrogen-bond donors (Lipinski definition) is 1. The van der Waals surface area contributed by atoms with E-state index < -0.39 is 0 Å². The normalized spacial score (nSPS) is 40.0. The van der Waals surface area contributed by atoms with Crippen LogP contribution in [0.15, 0.2) is 30.3 Å². The molecule has 0 radical (unpaired) electrons. The van der Waals surface area contributed by atoms with Crippen molar-refractivity contribution in [3.05, 3.63) is 35.9 Å². The molecule has 1 heteroatoms. The Balaban J connectivity index is 1.43. The molecule has 1 unspecified atom stereocenters. The third kappa shape index (κ3) is 2.41. The van der Waals surface area contributed by atoms with Gasteiger partial charge in [-0.1, -0.05) is 30.3 Å². The molecule has 0 aromatic heterocycles. The molecule has 4 aliphatic rings. The Morgan fingerprint density at radius 3 is 2.05 bits per heavy atom. The SMILES string of the molecule is NC(Cc1ccccc1)CC12CC3CC(CC(C3)C1)C2. The number of nitrogens with two attached hydrogens (primary N) is 1. The summed E-state index contributed by atoms with van der Waals surface area (Å²) in [6.45, 7) is 0. The average molecular weight is 269 g/mol. The van der Waals surface area contributed by atoms with Crippen molar-refractivity contribution in [3.8, 4) is 0 Å². The highest BCUT2D eigenvalue weighted by Gasteiger charge is 2.50. The van der Waals surface area contributed by atoms with Gasteiger partial charge in [-0.05, 0) is 80.1 Å². The highest BCUT2D eigenvalue weighted by molar-refractivity contribution is 5.16. The van der Waals surface area contributed by atoms with Crippen LogP contribution in [0.5, 0.6) is 0 Å². The van der Waals surface area contributed by atoms with Crippen molar-refractivity contribution in [2.24, 2.45) is 28.9 Å². The van der Waals surface area contributed by atoms with E-state index in [2.05, 4.69) is 30.3 Å². The molecule has 4 bridgehead atoms. The summed E-state index contributed by atoms with van der Waals surface area (Å²) in [5, 5.41) is 0. The molecule has 4 aliphatic carbocycles. The van der Waals surface area contributed by atoms with E-state index in [0.29, 0.717) is 11.5 Å². The van der Waals surface area contributed by atoms with E-state index in [1.54, 1.807) is 0 Å².